The molecule has 0 aromatic heterocycles. The van der Waals surface area contributed by atoms with Gasteiger partial charge >= 0.3 is 131 Å². The Morgan fingerprint density at radius 3 is 1.10 bits per heavy atom. The third-order valence-electron chi connectivity index (χ3n) is 2.97. The molecule has 2 aromatic rings. The van der Waals surface area contributed by atoms with Gasteiger partial charge < -0.3 is 0 Å². The summed E-state index contributed by atoms with van der Waals surface area (Å²) in [5.41, 5.74) is 0. The van der Waals surface area contributed by atoms with Gasteiger partial charge in [0.25, 0.3) is 0 Å². The first-order chi connectivity index (χ1) is 10.2. The summed E-state index contributed by atoms with van der Waals surface area (Å²) in [5, 5.41) is 0. The molecule has 0 aliphatic heterocycles. The normalized spacial score (nSPS) is 10.1. The second-order valence-corrected chi connectivity index (χ2v) is 6.23. The van der Waals surface area contributed by atoms with Gasteiger partial charge in [0.05, 0.1) is 0 Å². The van der Waals surface area contributed by atoms with Crippen LogP contribution in [0.1, 0.15) is 0 Å². The summed E-state index contributed by atoms with van der Waals surface area (Å²) in [4.78, 5) is 0. The van der Waals surface area contributed by atoms with Gasteiger partial charge in [0.2, 0.25) is 0 Å². The molecule has 0 spiro atoms. The van der Waals surface area contributed by atoms with Crippen LogP contribution in [-0.2, 0) is 0 Å². The number of benzene rings is 2. The summed E-state index contributed by atoms with van der Waals surface area (Å²) in [6, 6.07) is 11.6. The number of hydrogen-bond acceptors (Lipinski definition) is 4. The van der Waals surface area contributed by atoms with Crippen LogP contribution in [0.3, 0.4) is 0 Å². The molecule has 4 nitrogen and oxygen atoms in total. The molecule has 0 amide bonds. The van der Waals surface area contributed by atoms with E-state index in [-0.39, 0.29) is 15.0 Å². The quantitative estimate of drug-likeness (QED) is 0.736. The SMILES string of the molecule is COc1cccc(OC)c1[Se]c1c(OC)cccc1OC. The van der Waals surface area contributed by atoms with Gasteiger partial charge in [0.15, 0.2) is 0 Å². The molecule has 0 bridgehead atoms. The average Bonchev–Trinajstić information content (AvgIpc) is 2.55. The molecule has 0 aliphatic carbocycles. The van der Waals surface area contributed by atoms with Crippen LogP contribution < -0.4 is 27.9 Å². The monoisotopic (exact) mass is 354 g/mol. The summed E-state index contributed by atoms with van der Waals surface area (Å²) in [6.07, 6.45) is 0. The Bertz CT molecular complexity index is 515. The fourth-order valence-electron chi connectivity index (χ4n) is 1.94. The Morgan fingerprint density at radius 2 is 0.857 bits per heavy atom. The van der Waals surface area contributed by atoms with Crippen molar-refractivity contribution in [2.75, 3.05) is 28.4 Å². The van der Waals surface area contributed by atoms with Crippen molar-refractivity contribution in [2.24, 2.45) is 0 Å². The Kier molecular flexibility index (Phi) is 5.37. The molecule has 0 N–H and O–H groups in total. The van der Waals surface area contributed by atoms with E-state index >= 15 is 0 Å². The fourth-order valence-corrected chi connectivity index (χ4v) is 4.48. The summed E-state index contributed by atoms with van der Waals surface area (Å²) < 4.78 is 23.9. The number of hydrogen-bond donors (Lipinski definition) is 0. The molecule has 2 rings (SSSR count). The zero-order chi connectivity index (χ0) is 15.2. The van der Waals surface area contributed by atoms with Crippen LogP contribution in [-0.4, -0.2) is 43.4 Å². The van der Waals surface area contributed by atoms with Gasteiger partial charge in [-0.3, -0.25) is 0 Å². The molecule has 2 aromatic carbocycles. The summed E-state index contributed by atoms with van der Waals surface area (Å²) in [5.74, 6) is 3.23. The van der Waals surface area contributed by atoms with E-state index in [1.807, 2.05) is 36.4 Å². The van der Waals surface area contributed by atoms with Gasteiger partial charge in [-0.2, -0.15) is 0 Å². The van der Waals surface area contributed by atoms with E-state index in [9.17, 15) is 0 Å². The van der Waals surface area contributed by atoms with Crippen molar-refractivity contribution in [1.82, 2.24) is 0 Å². The van der Waals surface area contributed by atoms with E-state index in [4.69, 9.17) is 18.9 Å². The van der Waals surface area contributed by atoms with E-state index in [1.54, 1.807) is 28.4 Å². The molecular weight excluding hydrogens is 335 g/mol. The topological polar surface area (TPSA) is 36.9 Å². The third kappa shape index (κ3) is 3.26. The maximum absolute atomic E-state index is 5.46. The molecule has 0 radical (unpaired) electrons. The predicted molar refractivity (Wildman–Crippen MR) is 84.1 cm³/mol. The first-order valence-corrected chi connectivity index (χ1v) is 8.06. The number of methoxy groups -OCH3 is 4. The second-order valence-electron chi connectivity index (χ2n) is 4.09. The Hall–Kier alpha value is -1.84. The summed E-state index contributed by atoms with van der Waals surface area (Å²) >= 11 is -0.0735. The molecule has 112 valence electrons. The van der Waals surface area contributed by atoms with Crippen LogP contribution in [0.25, 0.3) is 0 Å². The van der Waals surface area contributed by atoms with Crippen molar-refractivity contribution in [3.05, 3.63) is 36.4 Å². The molecule has 0 atom stereocenters. The van der Waals surface area contributed by atoms with E-state index < -0.39 is 0 Å². The fraction of sp³-hybridized carbons (Fsp3) is 0.250. The summed E-state index contributed by atoms with van der Waals surface area (Å²) in [7, 11) is 6.64. The minimum absolute atomic E-state index is 0.0735. The van der Waals surface area contributed by atoms with E-state index in [0.717, 1.165) is 31.9 Å². The second kappa shape index (κ2) is 7.25. The molecule has 0 unspecified atom stereocenters. The van der Waals surface area contributed by atoms with E-state index in [2.05, 4.69) is 0 Å². The molecule has 0 saturated heterocycles. The van der Waals surface area contributed by atoms with E-state index in [0.29, 0.717) is 0 Å². The average molecular weight is 353 g/mol. The zero-order valence-electron chi connectivity index (χ0n) is 12.5. The molecule has 0 aliphatic rings. The molecule has 0 fully saturated rings. The predicted octanol–water partition coefficient (Wildman–Crippen LogP) is 1.38. The van der Waals surface area contributed by atoms with Crippen LogP contribution >= 0.6 is 0 Å². The van der Waals surface area contributed by atoms with Gasteiger partial charge in [0, 0.05) is 0 Å². The van der Waals surface area contributed by atoms with Gasteiger partial charge in [-0.15, -0.1) is 0 Å². The van der Waals surface area contributed by atoms with E-state index in [1.165, 1.54) is 0 Å². The maximum atomic E-state index is 5.46. The van der Waals surface area contributed by atoms with Crippen molar-refractivity contribution in [3.8, 4) is 23.0 Å². The van der Waals surface area contributed by atoms with Gasteiger partial charge in [0.1, 0.15) is 0 Å². The van der Waals surface area contributed by atoms with Gasteiger partial charge in [-0.25, -0.2) is 0 Å². The molecule has 0 saturated carbocycles. The van der Waals surface area contributed by atoms with Gasteiger partial charge in [-0.1, -0.05) is 0 Å². The summed E-state index contributed by atoms with van der Waals surface area (Å²) in [6.45, 7) is 0. The molecule has 5 heteroatoms. The van der Waals surface area contributed by atoms with Crippen molar-refractivity contribution < 1.29 is 18.9 Å². The Morgan fingerprint density at radius 1 is 0.571 bits per heavy atom. The van der Waals surface area contributed by atoms with Crippen LogP contribution in [0.15, 0.2) is 36.4 Å². The van der Waals surface area contributed by atoms with Crippen LogP contribution in [0.5, 0.6) is 23.0 Å². The number of rotatable bonds is 6. The standard InChI is InChI=1S/C16H18O4Se/c1-17-11-7-5-8-12(18-2)15(11)21-16-13(19-3)9-6-10-14(16)20-4/h5-10H,1-4H3. The van der Waals surface area contributed by atoms with Crippen molar-refractivity contribution in [3.63, 3.8) is 0 Å². The van der Waals surface area contributed by atoms with Crippen molar-refractivity contribution in [1.29, 1.82) is 0 Å². The van der Waals surface area contributed by atoms with Crippen molar-refractivity contribution >= 4 is 23.9 Å². The minimum atomic E-state index is -0.0735. The first kappa shape index (κ1) is 15.5. The molecular formula is C16H18O4Se. The van der Waals surface area contributed by atoms with Crippen LogP contribution in [0.4, 0.5) is 0 Å². The van der Waals surface area contributed by atoms with Gasteiger partial charge in [-0.05, 0) is 0 Å². The number of ether oxygens (including phenoxy) is 4. The zero-order valence-corrected chi connectivity index (χ0v) is 14.2. The van der Waals surface area contributed by atoms with Crippen molar-refractivity contribution in [2.45, 2.75) is 0 Å². The molecule has 21 heavy (non-hydrogen) atoms. The van der Waals surface area contributed by atoms with Crippen LogP contribution in [0, 0.1) is 0 Å². The first-order valence-electron chi connectivity index (χ1n) is 6.35. The van der Waals surface area contributed by atoms with Crippen LogP contribution in [0.2, 0.25) is 0 Å². The Balaban J connectivity index is 2.52. The Labute approximate surface area is 131 Å². The third-order valence-corrected chi connectivity index (χ3v) is 5.51. The molecule has 0 heterocycles.